The Hall–Kier alpha value is -1.60. The van der Waals surface area contributed by atoms with E-state index in [-0.39, 0.29) is 6.03 Å². The zero-order valence-electron chi connectivity index (χ0n) is 11.0. The van der Waals surface area contributed by atoms with Crippen molar-refractivity contribution < 1.29 is 4.79 Å². The van der Waals surface area contributed by atoms with Crippen LogP contribution in [0.1, 0.15) is 0 Å². The van der Waals surface area contributed by atoms with Gasteiger partial charge in [-0.25, -0.2) is 9.78 Å². The number of halogens is 2. The number of carbonyl (C=O) groups excluding carboxylic acids is 1. The first-order valence-electron chi connectivity index (χ1n) is 6.15. The van der Waals surface area contributed by atoms with Crippen LogP contribution in [0.4, 0.5) is 15.6 Å². The fourth-order valence-electron chi connectivity index (χ4n) is 1.69. The van der Waals surface area contributed by atoms with E-state index < -0.39 is 0 Å². The van der Waals surface area contributed by atoms with E-state index in [1.54, 1.807) is 24.3 Å². The molecule has 0 bridgehead atoms. The fourth-order valence-corrected chi connectivity index (χ4v) is 3.60. The lowest BCUT2D eigenvalue weighted by Gasteiger charge is -2.05. The Morgan fingerprint density at radius 3 is 2.50 bits per heavy atom. The Kier molecular flexibility index (Phi) is 4.63. The van der Waals surface area contributed by atoms with Crippen LogP contribution in [0, 0.1) is 0 Å². The average Bonchev–Trinajstić information content (AvgIpc) is 3.10. The molecule has 0 radical (unpaired) electrons. The summed E-state index contributed by atoms with van der Waals surface area (Å²) in [5.74, 6) is 0. The van der Waals surface area contributed by atoms with Gasteiger partial charge in [-0.3, -0.25) is 5.32 Å². The molecular weight excluding hydrogens is 361 g/mol. The minimum Gasteiger partial charge on any atom is -0.308 e. The molecule has 0 aliphatic heterocycles. The van der Waals surface area contributed by atoms with E-state index in [9.17, 15) is 4.79 Å². The number of hydrogen-bond acceptors (Lipinski definition) is 4. The molecule has 1 aromatic carbocycles. The number of nitrogens with zero attached hydrogens (tertiary/aromatic N) is 1. The van der Waals surface area contributed by atoms with Crippen LogP contribution in [0.25, 0.3) is 10.6 Å². The molecule has 2 heterocycles. The maximum Gasteiger partial charge on any atom is 0.325 e. The maximum atomic E-state index is 11.9. The summed E-state index contributed by atoms with van der Waals surface area (Å²) in [4.78, 5) is 17.2. The quantitative estimate of drug-likeness (QED) is 0.610. The lowest BCUT2D eigenvalue weighted by molar-refractivity contribution is 0.262. The second-order valence-electron chi connectivity index (χ2n) is 4.23. The van der Waals surface area contributed by atoms with Crippen molar-refractivity contribution >= 4 is 62.7 Å². The first-order chi connectivity index (χ1) is 10.6. The number of hydrogen-bond donors (Lipinski definition) is 2. The van der Waals surface area contributed by atoms with E-state index in [4.69, 9.17) is 23.2 Å². The van der Waals surface area contributed by atoms with Gasteiger partial charge in [0.1, 0.15) is 0 Å². The molecule has 3 rings (SSSR count). The molecular formula is C14H9Cl2N3OS2. The first kappa shape index (κ1) is 15.3. The molecule has 0 aliphatic rings. The summed E-state index contributed by atoms with van der Waals surface area (Å²) in [6.45, 7) is 0. The molecule has 0 aliphatic carbocycles. The van der Waals surface area contributed by atoms with Crippen LogP contribution in [0.15, 0.2) is 41.8 Å². The van der Waals surface area contributed by atoms with Crippen LogP contribution in [0.3, 0.4) is 0 Å². The van der Waals surface area contributed by atoms with Gasteiger partial charge in [-0.2, -0.15) is 0 Å². The lowest BCUT2D eigenvalue weighted by Crippen LogP contribution is -2.19. The van der Waals surface area contributed by atoms with Crippen LogP contribution in [0.2, 0.25) is 9.36 Å². The van der Waals surface area contributed by atoms with Crippen molar-refractivity contribution in [2.75, 3.05) is 10.6 Å². The van der Waals surface area contributed by atoms with Crippen LogP contribution in [-0.2, 0) is 0 Å². The minimum absolute atomic E-state index is 0.354. The van der Waals surface area contributed by atoms with E-state index in [0.717, 1.165) is 10.6 Å². The Labute approximate surface area is 144 Å². The summed E-state index contributed by atoms with van der Waals surface area (Å²) in [6, 6.07) is 10.2. The van der Waals surface area contributed by atoms with Crippen molar-refractivity contribution in [2.45, 2.75) is 0 Å². The molecule has 0 unspecified atom stereocenters. The molecule has 2 aromatic heterocycles. The van der Waals surface area contributed by atoms with Crippen molar-refractivity contribution in [1.82, 2.24) is 4.98 Å². The zero-order chi connectivity index (χ0) is 15.5. The molecule has 8 heteroatoms. The van der Waals surface area contributed by atoms with Gasteiger partial charge in [0.2, 0.25) is 0 Å². The number of benzene rings is 1. The van der Waals surface area contributed by atoms with E-state index in [1.165, 1.54) is 22.7 Å². The van der Waals surface area contributed by atoms with Gasteiger partial charge < -0.3 is 5.32 Å². The third kappa shape index (κ3) is 3.78. The largest absolute Gasteiger partial charge is 0.325 e. The fraction of sp³-hybridized carbons (Fsp3) is 0. The van der Waals surface area contributed by atoms with Gasteiger partial charge in [-0.05, 0) is 36.4 Å². The van der Waals surface area contributed by atoms with E-state index in [2.05, 4.69) is 15.6 Å². The molecule has 2 amide bonds. The standard InChI is InChI=1S/C14H9Cl2N3OS2/c15-8-1-3-9(4-2-8)17-13(20)19-14-18-10(7-21-14)11-5-6-12(16)22-11/h1-7H,(H2,17,18,19,20). The van der Waals surface area contributed by atoms with Gasteiger partial charge in [0, 0.05) is 16.1 Å². The van der Waals surface area contributed by atoms with Crippen molar-refractivity contribution in [3.05, 3.63) is 51.1 Å². The zero-order valence-corrected chi connectivity index (χ0v) is 14.1. The highest BCUT2D eigenvalue weighted by Crippen LogP contribution is 2.32. The second-order valence-corrected chi connectivity index (χ2v) is 7.24. The molecule has 3 aromatic rings. The Morgan fingerprint density at radius 1 is 1.05 bits per heavy atom. The minimum atomic E-state index is -0.354. The monoisotopic (exact) mass is 369 g/mol. The summed E-state index contributed by atoms with van der Waals surface area (Å²) >= 11 is 14.5. The first-order valence-corrected chi connectivity index (χ1v) is 8.60. The maximum absolute atomic E-state index is 11.9. The lowest BCUT2D eigenvalue weighted by atomic mass is 10.3. The number of thiophene rings is 1. The van der Waals surface area contributed by atoms with Gasteiger partial charge in [0.25, 0.3) is 0 Å². The van der Waals surface area contributed by atoms with Gasteiger partial charge in [0.15, 0.2) is 5.13 Å². The summed E-state index contributed by atoms with van der Waals surface area (Å²) < 4.78 is 0.706. The third-order valence-electron chi connectivity index (χ3n) is 2.65. The van der Waals surface area contributed by atoms with E-state index in [0.29, 0.717) is 20.2 Å². The molecule has 0 atom stereocenters. The molecule has 4 nitrogen and oxygen atoms in total. The van der Waals surface area contributed by atoms with Crippen molar-refractivity contribution in [3.8, 4) is 10.6 Å². The van der Waals surface area contributed by atoms with Crippen molar-refractivity contribution in [3.63, 3.8) is 0 Å². The van der Waals surface area contributed by atoms with Crippen molar-refractivity contribution in [2.24, 2.45) is 0 Å². The summed E-state index contributed by atoms with van der Waals surface area (Å²) in [7, 11) is 0. The SMILES string of the molecule is O=C(Nc1ccc(Cl)cc1)Nc1nc(-c2ccc(Cl)s2)cs1. The Morgan fingerprint density at radius 2 is 1.82 bits per heavy atom. The number of urea groups is 1. The molecule has 0 saturated heterocycles. The van der Waals surface area contributed by atoms with E-state index >= 15 is 0 Å². The normalized spacial score (nSPS) is 10.5. The van der Waals surface area contributed by atoms with Crippen LogP contribution in [0.5, 0.6) is 0 Å². The molecule has 0 spiro atoms. The van der Waals surface area contributed by atoms with Gasteiger partial charge in [0.05, 0.1) is 14.9 Å². The van der Waals surface area contributed by atoms with Crippen LogP contribution >= 0.6 is 45.9 Å². The molecule has 2 N–H and O–H groups in total. The smallest absolute Gasteiger partial charge is 0.308 e. The van der Waals surface area contributed by atoms with Crippen LogP contribution < -0.4 is 10.6 Å². The van der Waals surface area contributed by atoms with Crippen molar-refractivity contribution in [1.29, 1.82) is 0 Å². The Balaban J connectivity index is 1.64. The van der Waals surface area contributed by atoms with Crippen LogP contribution in [-0.4, -0.2) is 11.0 Å². The number of aromatic nitrogens is 1. The topological polar surface area (TPSA) is 54.0 Å². The molecule has 22 heavy (non-hydrogen) atoms. The van der Waals surface area contributed by atoms with Gasteiger partial charge in [-0.15, -0.1) is 22.7 Å². The number of rotatable bonds is 3. The summed E-state index contributed by atoms with van der Waals surface area (Å²) in [5.41, 5.74) is 1.45. The number of anilines is 2. The number of nitrogens with one attached hydrogen (secondary N) is 2. The second kappa shape index (κ2) is 6.66. The average molecular weight is 370 g/mol. The molecule has 112 valence electrons. The number of thiazole rings is 1. The summed E-state index contributed by atoms with van der Waals surface area (Å²) in [5, 5.41) is 8.42. The molecule has 0 saturated carbocycles. The summed E-state index contributed by atoms with van der Waals surface area (Å²) in [6.07, 6.45) is 0. The highest BCUT2D eigenvalue weighted by molar-refractivity contribution is 7.20. The van der Waals surface area contributed by atoms with E-state index in [1.807, 2.05) is 17.5 Å². The number of amides is 2. The third-order valence-corrected chi connectivity index (χ3v) is 4.92. The predicted octanol–water partition coefficient (Wildman–Crippen LogP) is 5.82. The molecule has 0 fully saturated rings. The highest BCUT2D eigenvalue weighted by atomic mass is 35.5. The van der Waals surface area contributed by atoms with Gasteiger partial charge >= 0.3 is 6.03 Å². The Bertz CT molecular complexity index is 799. The highest BCUT2D eigenvalue weighted by Gasteiger charge is 2.09. The predicted molar refractivity (Wildman–Crippen MR) is 94.5 cm³/mol. The van der Waals surface area contributed by atoms with Gasteiger partial charge in [-0.1, -0.05) is 23.2 Å². The number of carbonyl (C=O) groups is 1.